The minimum Gasteiger partial charge on any atom is -0.344 e. The van der Waals surface area contributed by atoms with E-state index in [0.717, 1.165) is 19.3 Å². The number of ether oxygens (including phenoxy) is 2. The second-order valence-corrected chi connectivity index (χ2v) is 3.66. The maximum Gasteiger partial charge on any atom is 0.168 e. The second-order valence-electron chi connectivity index (χ2n) is 3.66. The van der Waals surface area contributed by atoms with Crippen LogP contribution in [0.1, 0.15) is 54.4 Å². The molecular formula is C11H24O2. The Balaban J connectivity index is 0.00000144. The van der Waals surface area contributed by atoms with E-state index in [-0.39, 0.29) is 25.4 Å². The van der Waals surface area contributed by atoms with Gasteiger partial charge in [-0.25, -0.2) is 0 Å². The molecule has 0 amide bonds. The lowest BCUT2D eigenvalue weighted by molar-refractivity contribution is -0.179. The van der Waals surface area contributed by atoms with Crippen LogP contribution in [0.4, 0.5) is 0 Å². The summed E-state index contributed by atoms with van der Waals surface area (Å²) in [6.07, 6.45) is 3.58. The van der Waals surface area contributed by atoms with E-state index in [4.69, 9.17) is 9.47 Å². The van der Waals surface area contributed by atoms with E-state index in [0.29, 0.717) is 0 Å². The van der Waals surface area contributed by atoms with Gasteiger partial charge >= 0.3 is 0 Å². The fourth-order valence-corrected chi connectivity index (χ4v) is 1.74. The van der Waals surface area contributed by atoms with Crippen LogP contribution in [0.3, 0.4) is 0 Å². The van der Waals surface area contributed by atoms with Gasteiger partial charge in [0.1, 0.15) is 0 Å². The summed E-state index contributed by atoms with van der Waals surface area (Å²) in [6, 6.07) is 0. The Bertz CT molecular complexity index is 135. The second kappa shape index (κ2) is 4.97. The van der Waals surface area contributed by atoms with Crippen LogP contribution < -0.4 is 0 Å². The van der Waals surface area contributed by atoms with Crippen molar-refractivity contribution in [3.63, 3.8) is 0 Å². The van der Waals surface area contributed by atoms with Crippen molar-refractivity contribution in [3.05, 3.63) is 0 Å². The molecule has 0 aromatic rings. The summed E-state index contributed by atoms with van der Waals surface area (Å²) in [6.45, 7) is 8.45. The number of hydrogen-bond acceptors (Lipinski definition) is 2. The highest BCUT2D eigenvalue weighted by molar-refractivity contribution is 4.80. The number of rotatable bonds is 3. The highest BCUT2D eigenvalue weighted by Crippen LogP contribution is 2.34. The SMILES string of the molecule is C.CCCC1(CC)OC(C)C(C)O1. The van der Waals surface area contributed by atoms with Gasteiger partial charge in [0.25, 0.3) is 0 Å². The summed E-state index contributed by atoms with van der Waals surface area (Å²) >= 11 is 0. The van der Waals surface area contributed by atoms with Crippen LogP contribution in [0.15, 0.2) is 0 Å². The molecule has 1 saturated heterocycles. The Morgan fingerprint density at radius 2 is 1.54 bits per heavy atom. The van der Waals surface area contributed by atoms with Crippen LogP contribution in [0.5, 0.6) is 0 Å². The van der Waals surface area contributed by atoms with Gasteiger partial charge in [-0.3, -0.25) is 0 Å². The summed E-state index contributed by atoms with van der Waals surface area (Å²) in [5.41, 5.74) is 0. The zero-order valence-electron chi connectivity index (χ0n) is 8.59. The van der Waals surface area contributed by atoms with E-state index in [1.54, 1.807) is 0 Å². The largest absolute Gasteiger partial charge is 0.344 e. The van der Waals surface area contributed by atoms with E-state index < -0.39 is 0 Å². The van der Waals surface area contributed by atoms with Gasteiger partial charge in [-0.05, 0) is 20.3 Å². The normalized spacial score (nSPS) is 38.8. The molecule has 80 valence electrons. The molecule has 2 nitrogen and oxygen atoms in total. The molecule has 0 N–H and O–H groups in total. The van der Waals surface area contributed by atoms with Crippen LogP contribution in [0, 0.1) is 0 Å². The highest BCUT2D eigenvalue weighted by atomic mass is 16.8. The molecular weight excluding hydrogens is 164 g/mol. The molecule has 0 radical (unpaired) electrons. The first kappa shape index (κ1) is 12.9. The maximum absolute atomic E-state index is 5.83. The Morgan fingerprint density at radius 3 is 1.85 bits per heavy atom. The van der Waals surface area contributed by atoms with Crippen molar-refractivity contribution in [2.24, 2.45) is 0 Å². The van der Waals surface area contributed by atoms with E-state index in [9.17, 15) is 0 Å². The van der Waals surface area contributed by atoms with Crippen molar-refractivity contribution in [1.82, 2.24) is 0 Å². The lowest BCUT2D eigenvalue weighted by atomic mass is 10.1. The van der Waals surface area contributed by atoms with Crippen molar-refractivity contribution in [3.8, 4) is 0 Å². The molecule has 2 unspecified atom stereocenters. The molecule has 2 atom stereocenters. The van der Waals surface area contributed by atoms with Gasteiger partial charge in [0, 0.05) is 6.42 Å². The molecule has 0 saturated carbocycles. The zero-order valence-corrected chi connectivity index (χ0v) is 8.59. The molecule has 1 aliphatic heterocycles. The molecule has 1 heterocycles. The molecule has 2 heteroatoms. The van der Waals surface area contributed by atoms with Gasteiger partial charge in [-0.1, -0.05) is 27.7 Å². The Morgan fingerprint density at radius 1 is 1.08 bits per heavy atom. The quantitative estimate of drug-likeness (QED) is 0.676. The fourth-order valence-electron chi connectivity index (χ4n) is 1.74. The van der Waals surface area contributed by atoms with Crippen LogP contribution in [0.25, 0.3) is 0 Å². The average molecular weight is 188 g/mol. The third-order valence-electron chi connectivity index (χ3n) is 2.63. The van der Waals surface area contributed by atoms with Crippen molar-refractivity contribution >= 4 is 0 Å². The summed E-state index contributed by atoms with van der Waals surface area (Å²) in [5.74, 6) is -0.270. The summed E-state index contributed by atoms with van der Waals surface area (Å²) < 4.78 is 11.7. The molecule has 0 aromatic heterocycles. The maximum atomic E-state index is 5.83. The smallest absolute Gasteiger partial charge is 0.168 e. The Hall–Kier alpha value is -0.0800. The summed E-state index contributed by atoms with van der Waals surface area (Å²) in [4.78, 5) is 0. The summed E-state index contributed by atoms with van der Waals surface area (Å²) in [5, 5.41) is 0. The predicted octanol–water partition coefficient (Wildman–Crippen LogP) is 3.35. The van der Waals surface area contributed by atoms with Crippen molar-refractivity contribution in [1.29, 1.82) is 0 Å². The predicted molar refractivity (Wildman–Crippen MR) is 55.8 cm³/mol. The molecule has 0 aliphatic carbocycles. The van der Waals surface area contributed by atoms with E-state index >= 15 is 0 Å². The van der Waals surface area contributed by atoms with Crippen LogP contribution in [-0.4, -0.2) is 18.0 Å². The topological polar surface area (TPSA) is 18.5 Å². The minimum absolute atomic E-state index is 0. The zero-order chi connectivity index (χ0) is 9.19. The first-order chi connectivity index (χ1) is 5.63. The first-order valence-corrected chi connectivity index (χ1v) is 4.99. The monoisotopic (exact) mass is 188 g/mol. The van der Waals surface area contributed by atoms with Crippen LogP contribution in [-0.2, 0) is 9.47 Å². The minimum atomic E-state index is -0.270. The van der Waals surface area contributed by atoms with E-state index in [1.807, 2.05) is 0 Å². The molecule has 13 heavy (non-hydrogen) atoms. The Labute approximate surface area is 82.6 Å². The van der Waals surface area contributed by atoms with Crippen LogP contribution >= 0.6 is 0 Å². The number of hydrogen-bond donors (Lipinski definition) is 0. The Kier molecular flexibility index (Phi) is 4.93. The molecule has 1 aliphatic rings. The van der Waals surface area contributed by atoms with Gasteiger partial charge in [0.15, 0.2) is 5.79 Å². The van der Waals surface area contributed by atoms with Gasteiger partial charge in [0.05, 0.1) is 12.2 Å². The molecule has 0 aromatic carbocycles. The van der Waals surface area contributed by atoms with Gasteiger partial charge in [-0.2, -0.15) is 0 Å². The third kappa shape index (κ3) is 2.68. The lowest BCUT2D eigenvalue weighted by Crippen LogP contribution is -2.29. The van der Waals surface area contributed by atoms with Crippen molar-refractivity contribution < 1.29 is 9.47 Å². The molecule has 1 fully saturated rings. The first-order valence-electron chi connectivity index (χ1n) is 4.99. The van der Waals surface area contributed by atoms with E-state index in [1.165, 1.54) is 0 Å². The molecule has 0 bridgehead atoms. The standard InChI is InChI=1S/C10H20O2.CH4/c1-5-7-10(6-2)11-8(3)9(4)12-10;/h8-9H,5-7H2,1-4H3;1H4. The fraction of sp³-hybridized carbons (Fsp3) is 1.00. The van der Waals surface area contributed by atoms with Crippen LogP contribution in [0.2, 0.25) is 0 Å². The van der Waals surface area contributed by atoms with E-state index in [2.05, 4.69) is 27.7 Å². The average Bonchev–Trinajstić information content (AvgIpc) is 2.30. The third-order valence-corrected chi connectivity index (χ3v) is 2.63. The van der Waals surface area contributed by atoms with Gasteiger partial charge < -0.3 is 9.47 Å². The lowest BCUT2D eigenvalue weighted by Gasteiger charge is -2.26. The highest BCUT2D eigenvalue weighted by Gasteiger charge is 2.41. The van der Waals surface area contributed by atoms with Gasteiger partial charge in [0.2, 0.25) is 0 Å². The summed E-state index contributed by atoms with van der Waals surface area (Å²) in [7, 11) is 0. The molecule has 1 rings (SSSR count). The molecule has 0 spiro atoms. The van der Waals surface area contributed by atoms with Gasteiger partial charge in [-0.15, -0.1) is 0 Å². The van der Waals surface area contributed by atoms with Crippen molar-refractivity contribution in [2.45, 2.75) is 72.4 Å². The van der Waals surface area contributed by atoms with Crippen molar-refractivity contribution in [2.75, 3.05) is 0 Å².